The summed E-state index contributed by atoms with van der Waals surface area (Å²) in [7, 11) is -0.441. The van der Waals surface area contributed by atoms with Crippen molar-refractivity contribution in [2.24, 2.45) is 0 Å². The molecule has 2 aromatic carbocycles. The molecule has 7 rings (SSSR count). The van der Waals surface area contributed by atoms with Crippen LogP contribution in [0.5, 0.6) is 0 Å². The lowest BCUT2D eigenvalue weighted by molar-refractivity contribution is -0.137. The van der Waals surface area contributed by atoms with E-state index in [0.29, 0.717) is 22.0 Å². The van der Waals surface area contributed by atoms with Crippen LogP contribution in [0, 0.1) is 0 Å². The number of halogens is 9. The summed E-state index contributed by atoms with van der Waals surface area (Å²) in [6.45, 7) is 8.05. The Labute approximate surface area is 313 Å². The molecule has 0 spiro atoms. The first kappa shape index (κ1) is 39.4. The number of nitrogens with zero attached hydrogens (tertiary/aromatic N) is 4. The predicted molar refractivity (Wildman–Crippen MR) is 194 cm³/mol. The lowest BCUT2D eigenvalue weighted by atomic mass is 9.84. The lowest BCUT2D eigenvalue weighted by Gasteiger charge is -2.32. The van der Waals surface area contributed by atoms with Crippen molar-refractivity contribution < 1.29 is 35.7 Å². The van der Waals surface area contributed by atoms with Crippen molar-refractivity contribution in [3.8, 4) is 11.4 Å². The Morgan fingerprint density at radius 3 is 1.58 bits per heavy atom. The van der Waals surface area contributed by atoms with Gasteiger partial charge < -0.3 is 9.31 Å². The minimum atomic E-state index is -4.46. The molecule has 0 saturated carbocycles. The maximum atomic E-state index is 13.2. The lowest BCUT2D eigenvalue weighted by Crippen LogP contribution is -2.41. The molecule has 0 atom stereocenters. The van der Waals surface area contributed by atoms with E-state index < -0.39 is 30.6 Å². The van der Waals surface area contributed by atoms with E-state index in [2.05, 4.69) is 35.9 Å². The van der Waals surface area contributed by atoms with Crippen LogP contribution in [0.4, 0.5) is 26.3 Å². The molecule has 0 aliphatic carbocycles. The summed E-state index contributed by atoms with van der Waals surface area (Å²) in [6, 6.07) is 24.5. The molecular formula is C36H28BBrCl2F6N4O2. The molecule has 1 fully saturated rings. The molecule has 1 aliphatic rings. The van der Waals surface area contributed by atoms with Gasteiger partial charge in [0.25, 0.3) is 0 Å². The van der Waals surface area contributed by atoms with Gasteiger partial charge in [0.1, 0.15) is 14.9 Å². The van der Waals surface area contributed by atoms with Crippen molar-refractivity contribution in [2.45, 2.75) is 51.2 Å². The van der Waals surface area contributed by atoms with Gasteiger partial charge in [-0.05, 0) is 92.2 Å². The highest BCUT2D eigenvalue weighted by Crippen LogP contribution is 2.38. The highest BCUT2D eigenvalue weighted by molar-refractivity contribution is 9.10. The highest BCUT2D eigenvalue weighted by atomic mass is 79.9. The first-order valence-corrected chi connectivity index (χ1v) is 17.0. The molecule has 4 aromatic heterocycles. The van der Waals surface area contributed by atoms with Gasteiger partial charge >= 0.3 is 19.5 Å². The second-order valence-corrected chi connectivity index (χ2v) is 14.0. The van der Waals surface area contributed by atoms with Crippen LogP contribution < -0.4 is 5.59 Å². The summed E-state index contributed by atoms with van der Waals surface area (Å²) >= 11 is 14.6. The van der Waals surface area contributed by atoms with E-state index in [9.17, 15) is 26.3 Å². The molecule has 6 aromatic rings. The standard InChI is InChI=1S/C15H8ClF3N2.C11H15BClNO2.C10H5BrF3N/c16-14-7-3-6-12(21-14)13-8-10(15(17,18)19)9-4-1-2-5-11(9)20-13;1-10(2)11(3,4)16-12(15-10)8-6-5-7-9(13)14-8;11-9-5-7(10(12,13)14)6-3-1-2-4-8(6)15-9/h1-8H;5-7H,1-4H3;1-5H. The van der Waals surface area contributed by atoms with Gasteiger partial charge in [0.05, 0.1) is 50.3 Å². The maximum absolute atomic E-state index is 13.2. The van der Waals surface area contributed by atoms with Crippen LogP contribution in [0.3, 0.4) is 0 Å². The molecular weight excluding hydrogens is 796 g/mol. The van der Waals surface area contributed by atoms with E-state index in [-0.39, 0.29) is 42.9 Å². The van der Waals surface area contributed by atoms with Crippen LogP contribution in [0.15, 0.2) is 102 Å². The van der Waals surface area contributed by atoms with Crippen molar-refractivity contribution in [3.05, 3.63) is 123 Å². The van der Waals surface area contributed by atoms with E-state index in [1.807, 2.05) is 39.8 Å². The molecule has 0 N–H and O–H groups in total. The van der Waals surface area contributed by atoms with E-state index in [1.165, 1.54) is 12.1 Å². The van der Waals surface area contributed by atoms with Crippen LogP contribution in [-0.2, 0) is 21.7 Å². The second-order valence-electron chi connectivity index (χ2n) is 12.4. The van der Waals surface area contributed by atoms with Gasteiger partial charge in [-0.15, -0.1) is 0 Å². The first-order chi connectivity index (χ1) is 24.2. The largest absolute Gasteiger partial charge is 0.514 e. The van der Waals surface area contributed by atoms with Gasteiger partial charge in [-0.25, -0.2) is 19.9 Å². The van der Waals surface area contributed by atoms with Gasteiger partial charge in [0, 0.05) is 10.8 Å². The van der Waals surface area contributed by atoms with Gasteiger partial charge in [-0.3, -0.25) is 0 Å². The average Bonchev–Trinajstić information content (AvgIpc) is 3.29. The number of benzene rings is 2. The SMILES string of the molecule is CC1(C)OB(c2cccc(Cl)n2)OC1(C)C.FC(F)(F)c1cc(-c2cccc(Cl)n2)nc2ccccc12.FC(F)(F)c1cc(Br)nc2ccccc12. The molecule has 0 radical (unpaired) electrons. The molecule has 0 unspecified atom stereocenters. The normalized spacial score (nSPS) is 15.1. The molecule has 6 nitrogen and oxygen atoms in total. The Bertz CT molecular complexity index is 2210. The number of pyridine rings is 4. The second kappa shape index (κ2) is 15.3. The minimum absolute atomic E-state index is 0.0655. The Hall–Kier alpha value is -3.82. The van der Waals surface area contributed by atoms with Crippen LogP contribution in [0.1, 0.15) is 38.8 Å². The predicted octanol–water partition coefficient (Wildman–Crippen LogP) is 11.0. The molecule has 1 aliphatic heterocycles. The summed E-state index contributed by atoms with van der Waals surface area (Å²) in [6.07, 6.45) is -8.82. The van der Waals surface area contributed by atoms with Gasteiger partial charge in [-0.1, -0.05) is 71.7 Å². The topological polar surface area (TPSA) is 70.0 Å². The van der Waals surface area contributed by atoms with Crippen LogP contribution in [0.2, 0.25) is 10.3 Å². The number of fused-ring (bicyclic) bond motifs is 2. The Kier molecular flexibility index (Phi) is 11.6. The summed E-state index contributed by atoms with van der Waals surface area (Å²) in [5.41, 5.74) is -0.329. The Morgan fingerprint density at radius 2 is 1.06 bits per heavy atom. The van der Waals surface area contributed by atoms with Crippen molar-refractivity contribution >= 4 is 73.6 Å². The fourth-order valence-electron chi connectivity index (χ4n) is 4.99. The van der Waals surface area contributed by atoms with Crippen molar-refractivity contribution in [1.82, 2.24) is 19.9 Å². The van der Waals surface area contributed by atoms with Crippen molar-refractivity contribution in [1.29, 1.82) is 0 Å². The number of alkyl halides is 6. The number of para-hydroxylation sites is 2. The van der Waals surface area contributed by atoms with E-state index in [4.69, 9.17) is 32.5 Å². The molecule has 0 bridgehead atoms. The maximum Gasteiger partial charge on any atom is 0.514 e. The van der Waals surface area contributed by atoms with Gasteiger partial charge in [-0.2, -0.15) is 26.3 Å². The zero-order chi connectivity index (χ0) is 38.1. The average molecular weight is 824 g/mol. The first-order valence-electron chi connectivity index (χ1n) is 15.5. The van der Waals surface area contributed by atoms with Crippen LogP contribution in [-0.4, -0.2) is 38.3 Å². The summed E-state index contributed by atoms with van der Waals surface area (Å²) < 4.78 is 89.5. The third kappa shape index (κ3) is 9.21. The van der Waals surface area contributed by atoms with E-state index in [1.54, 1.807) is 60.7 Å². The molecule has 52 heavy (non-hydrogen) atoms. The Morgan fingerprint density at radius 1 is 0.577 bits per heavy atom. The zero-order valence-corrected chi connectivity index (χ0v) is 30.9. The number of aromatic nitrogens is 4. The summed E-state index contributed by atoms with van der Waals surface area (Å²) in [5, 5.41) is 0.840. The quantitative estimate of drug-likeness (QED) is 0.0984. The molecule has 1 saturated heterocycles. The molecule has 0 amide bonds. The third-order valence-corrected chi connectivity index (χ3v) is 9.05. The van der Waals surface area contributed by atoms with Crippen molar-refractivity contribution in [3.63, 3.8) is 0 Å². The van der Waals surface area contributed by atoms with Gasteiger partial charge in [0.2, 0.25) is 0 Å². The Balaban J connectivity index is 0.000000154. The smallest absolute Gasteiger partial charge is 0.398 e. The van der Waals surface area contributed by atoms with E-state index in [0.717, 1.165) is 12.1 Å². The molecule has 5 heterocycles. The van der Waals surface area contributed by atoms with Crippen molar-refractivity contribution in [2.75, 3.05) is 0 Å². The van der Waals surface area contributed by atoms with Crippen LogP contribution in [0.25, 0.3) is 33.2 Å². The monoisotopic (exact) mass is 822 g/mol. The number of hydrogen-bond acceptors (Lipinski definition) is 6. The summed E-state index contributed by atoms with van der Waals surface area (Å²) in [4.78, 5) is 16.4. The number of rotatable bonds is 2. The van der Waals surface area contributed by atoms with E-state index >= 15 is 0 Å². The summed E-state index contributed by atoms with van der Waals surface area (Å²) in [5.74, 6) is 0. The highest BCUT2D eigenvalue weighted by Gasteiger charge is 2.52. The molecule has 16 heteroatoms. The third-order valence-electron chi connectivity index (χ3n) is 8.22. The van der Waals surface area contributed by atoms with Crippen LogP contribution >= 0.6 is 39.1 Å². The molecule has 270 valence electrons. The fraction of sp³-hybridized carbons (Fsp3) is 0.222. The number of hydrogen-bond donors (Lipinski definition) is 0. The van der Waals surface area contributed by atoms with Gasteiger partial charge in [0.15, 0.2) is 0 Å². The zero-order valence-electron chi connectivity index (χ0n) is 27.8. The fourth-order valence-corrected chi connectivity index (χ4v) is 5.74. The minimum Gasteiger partial charge on any atom is -0.398 e.